The van der Waals surface area contributed by atoms with E-state index < -0.39 is 23.7 Å². The van der Waals surface area contributed by atoms with Crippen molar-refractivity contribution >= 4 is 55.3 Å². The Morgan fingerprint density at radius 1 is 0.700 bits per heavy atom. The fraction of sp³-hybridized carbons (Fsp3) is 0.0909. The molecule has 0 unspecified atom stereocenters. The molecule has 148 valence electrons. The van der Waals surface area contributed by atoms with Crippen molar-refractivity contribution in [2.45, 2.75) is 0 Å². The number of rotatable bonds is 2. The summed E-state index contributed by atoms with van der Waals surface area (Å²) in [7, 11) is 2.45. The van der Waals surface area contributed by atoms with Crippen LogP contribution < -0.4 is 0 Å². The van der Waals surface area contributed by atoms with Gasteiger partial charge in [0.1, 0.15) is 11.1 Å². The number of esters is 2. The summed E-state index contributed by atoms with van der Waals surface area (Å²) >= 11 is 0. The third-order valence-electron chi connectivity index (χ3n) is 5.31. The number of fused-ring (bicyclic) bond motifs is 2. The molecular weight excluding hydrogens is 388 g/mol. The normalized spacial score (nSPS) is 11.5. The molecule has 0 radical (unpaired) electrons. The summed E-state index contributed by atoms with van der Waals surface area (Å²) in [6.45, 7) is 0. The third-order valence-corrected chi connectivity index (χ3v) is 5.31. The molecule has 2 heterocycles. The average Bonchev–Trinajstić information content (AvgIpc) is 2.75. The number of nitrogens with zero attached hydrogens (tertiary/aromatic N) is 2. The van der Waals surface area contributed by atoms with Crippen LogP contribution in [0.2, 0.25) is 0 Å². The van der Waals surface area contributed by atoms with Gasteiger partial charge < -0.3 is 19.7 Å². The van der Waals surface area contributed by atoms with E-state index in [1.807, 2.05) is 0 Å². The summed E-state index contributed by atoms with van der Waals surface area (Å²) in [5.74, 6) is -2.35. The van der Waals surface area contributed by atoms with Crippen LogP contribution in [0.1, 0.15) is 20.7 Å². The predicted octanol–water partition coefficient (Wildman–Crippen LogP) is 3.51. The lowest BCUT2D eigenvalue weighted by atomic mass is 9.92. The van der Waals surface area contributed by atoms with E-state index in [4.69, 9.17) is 9.47 Å². The van der Waals surface area contributed by atoms with E-state index in [2.05, 4.69) is 9.97 Å². The molecule has 30 heavy (non-hydrogen) atoms. The van der Waals surface area contributed by atoms with Gasteiger partial charge in [-0.15, -0.1) is 0 Å². The number of methoxy groups -OCH3 is 2. The van der Waals surface area contributed by atoms with Gasteiger partial charge in [0.25, 0.3) is 0 Å². The standard InChI is InChI=1S/C22H14N2O6/c1-29-21(27)15-9-5-3-7-11-13(9)17(23-19(15)25)12-8-4-6-10-14(12)18(11)24-20(26)16(10)22(28)30-2/h3-8H,1-2H3,(H,23,25)(H,24,26). The Morgan fingerprint density at radius 2 is 1.07 bits per heavy atom. The van der Waals surface area contributed by atoms with Crippen LogP contribution in [0.4, 0.5) is 0 Å². The Balaban J connectivity index is 2.11. The first-order valence-corrected chi connectivity index (χ1v) is 8.96. The lowest BCUT2D eigenvalue weighted by molar-refractivity contribution is 0.0589. The number of carbonyl (C=O) groups excluding carboxylic acids is 2. The number of aromatic hydroxyl groups is 2. The van der Waals surface area contributed by atoms with Crippen molar-refractivity contribution in [2.75, 3.05) is 14.2 Å². The van der Waals surface area contributed by atoms with E-state index in [0.717, 1.165) is 0 Å². The molecule has 0 spiro atoms. The highest BCUT2D eigenvalue weighted by Crippen LogP contribution is 2.43. The quantitative estimate of drug-likeness (QED) is 0.262. The Labute approximate surface area is 168 Å². The van der Waals surface area contributed by atoms with E-state index in [0.29, 0.717) is 43.4 Å². The molecule has 0 saturated heterocycles. The fourth-order valence-electron chi connectivity index (χ4n) is 4.10. The number of hydrogen-bond donors (Lipinski definition) is 2. The summed E-state index contributed by atoms with van der Waals surface area (Å²) in [6, 6.07) is 10.3. The number of hydrogen-bond acceptors (Lipinski definition) is 8. The Bertz CT molecular complexity index is 1410. The van der Waals surface area contributed by atoms with Crippen molar-refractivity contribution in [3.63, 3.8) is 0 Å². The first kappa shape index (κ1) is 17.9. The highest BCUT2D eigenvalue weighted by atomic mass is 16.5. The molecule has 0 fully saturated rings. The van der Waals surface area contributed by atoms with Crippen LogP contribution >= 0.6 is 0 Å². The van der Waals surface area contributed by atoms with Crippen LogP contribution in [0.25, 0.3) is 43.4 Å². The lowest BCUT2D eigenvalue weighted by Gasteiger charge is -2.16. The van der Waals surface area contributed by atoms with Crippen LogP contribution in [0, 0.1) is 0 Å². The first-order valence-electron chi connectivity index (χ1n) is 8.96. The van der Waals surface area contributed by atoms with Crippen molar-refractivity contribution < 1.29 is 29.3 Å². The summed E-state index contributed by atoms with van der Waals surface area (Å²) in [4.78, 5) is 33.2. The number of aromatic nitrogens is 2. The van der Waals surface area contributed by atoms with Gasteiger partial charge in [-0.25, -0.2) is 19.6 Å². The molecule has 8 heteroatoms. The van der Waals surface area contributed by atoms with Crippen LogP contribution in [-0.2, 0) is 9.47 Å². The van der Waals surface area contributed by atoms with Gasteiger partial charge in [0.2, 0.25) is 11.8 Å². The SMILES string of the molecule is COC(=O)c1c(O)nc2c3cccc4c(C(=O)OC)c(O)nc(c5cccc1c52)c43. The van der Waals surface area contributed by atoms with Crippen LogP contribution in [0.3, 0.4) is 0 Å². The molecule has 0 atom stereocenters. The van der Waals surface area contributed by atoms with E-state index in [-0.39, 0.29) is 11.1 Å². The molecule has 0 bridgehead atoms. The highest BCUT2D eigenvalue weighted by Gasteiger charge is 2.26. The van der Waals surface area contributed by atoms with Gasteiger partial charge in [-0.1, -0.05) is 36.4 Å². The van der Waals surface area contributed by atoms with Crippen molar-refractivity contribution in [3.8, 4) is 11.8 Å². The molecule has 3 aromatic carbocycles. The van der Waals surface area contributed by atoms with Crippen molar-refractivity contribution in [1.82, 2.24) is 9.97 Å². The molecule has 0 aliphatic heterocycles. The number of ether oxygens (including phenoxy) is 2. The molecule has 5 rings (SSSR count). The number of pyridine rings is 2. The van der Waals surface area contributed by atoms with Gasteiger partial charge in [-0.2, -0.15) is 0 Å². The Morgan fingerprint density at radius 3 is 1.43 bits per heavy atom. The molecular formula is C22H14N2O6. The smallest absolute Gasteiger partial charge is 0.344 e. The van der Waals surface area contributed by atoms with Gasteiger partial charge in [-0.05, 0) is 0 Å². The largest absolute Gasteiger partial charge is 0.493 e. The van der Waals surface area contributed by atoms with Crippen LogP contribution in [-0.4, -0.2) is 46.3 Å². The molecule has 5 aromatic rings. The van der Waals surface area contributed by atoms with Gasteiger partial charge in [0, 0.05) is 32.3 Å². The molecule has 0 aliphatic carbocycles. The predicted molar refractivity (Wildman–Crippen MR) is 109 cm³/mol. The van der Waals surface area contributed by atoms with Gasteiger partial charge in [0.05, 0.1) is 25.3 Å². The van der Waals surface area contributed by atoms with Crippen molar-refractivity contribution in [1.29, 1.82) is 0 Å². The molecule has 0 aliphatic rings. The highest BCUT2D eigenvalue weighted by molar-refractivity contribution is 6.34. The van der Waals surface area contributed by atoms with Crippen molar-refractivity contribution in [3.05, 3.63) is 47.5 Å². The van der Waals surface area contributed by atoms with Crippen LogP contribution in [0.5, 0.6) is 11.8 Å². The maximum atomic E-state index is 12.3. The zero-order chi connectivity index (χ0) is 21.2. The van der Waals surface area contributed by atoms with Gasteiger partial charge in [-0.3, -0.25) is 0 Å². The fourth-order valence-corrected chi connectivity index (χ4v) is 4.10. The van der Waals surface area contributed by atoms with E-state index >= 15 is 0 Å². The van der Waals surface area contributed by atoms with Crippen molar-refractivity contribution in [2.24, 2.45) is 0 Å². The van der Waals surface area contributed by atoms with E-state index in [9.17, 15) is 19.8 Å². The van der Waals surface area contributed by atoms with Gasteiger partial charge in [0.15, 0.2) is 0 Å². The monoisotopic (exact) mass is 402 g/mol. The molecule has 8 nitrogen and oxygen atoms in total. The topological polar surface area (TPSA) is 119 Å². The average molecular weight is 402 g/mol. The minimum Gasteiger partial charge on any atom is -0.493 e. The third kappa shape index (κ3) is 2.15. The molecule has 0 saturated carbocycles. The Kier molecular flexibility index (Phi) is 3.66. The molecule has 2 aromatic heterocycles. The molecule has 2 N–H and O–H groups in total. The maximum absolute atomic E-state index is 12.3. The minimum atomic E-state index is -0.718. The second-order valence-corrected chi connectivity index (χ2v) is 6.76. The minimum absolute atomic E-state index is 0.0517. The van der Waals surface area contributed by atoms with Crippen LogP contribution in [0.15, 0.2) is 36.4 Å². The first-order chi connectivity index (χ1) is 14.5. The lowest BCUT2D eigenvalue weighted by Crippen LogP contribution is -2.06. The summed E-state index contributed by atoms with van der Waals surface area (Å²) < 4.78 is 9.62. The van der Waals surface area contributed by atoms with E-state index in [1.54, 1.807) is 36.4 Å². The second-order valence-electron chi connectivity index (χ2n) is 6.76. The maximum Gasteiger partial charge on any atom is 0.344 e. The summed E-state index contributed by atoms with van der Waals surface area (Å²) in [6.07, 6.45) is 0. The molecule has 0 amide bonds. The summed E-state index contributed by atoms with van der Waals surface area (Å²) in [5, 5.41) is 24.3. The second kappa shape index (κ2) is 6.15. The van der Waals surface area contributed by atoms with E-state index in [1.165, 1.54) is 14.2 Å². The Hall–Kier alpha value is -4.20. The van der Waals surface area contributed by atoms with Gasteiger partial charge >= 0.3 is 11.9 Å². The zero-order valence-electron chi connectivity index (χ0n) is 15.9. The summed E-state index contributed by atoms with van der Waals surface area (Å²) in [5.41, 5.74) is 0.771. The zero-order valence-corrected chi connectivity index (χ0v) is 15.9. The number of benzene rings is 3. The number of carbonyl (C=O) groups is 2.